The number of rotatable bonds is 3. The van der Waals surface area contributed by atoms with Crippen molar-refractivity contribution >= 4 is 33.0 Å². The summed E-state index contributed by atoms with van der Waals surface area (Å²) in [6.45, 7) is 4.25. The first-order valence-corrected chi connectivity index (χ1v) is 7.86. The summed E-state index contributed by atoms with van der Waals surface area (Å²) >= 11 is 1.50. The van der Waals surface area contributed by atoms with Gasteiger partial charge in [0.05, 0.1) is 11.0 Å². The molecule has 112 valence electrons. The van der Waals surface area contributed by atoms with Crippen LogP contribution in [0.25, 0.3) is 10.1 Å². The number of hydrogen-bond acceptors (Lipinski definition) is 4. The van der Waals surface area contributed by atoms with Crippen molar-refractivity contribution in [3.8, 4) is 0 Å². The minimum atomic E-state index is -0.0223. The Bertz CT molecular complexity index is 693. The number of benzene rings is 1. The van der Waals surface area contributed by atoms with Crippen LogP contribution < -0.4 is 11.1 Å². The molecule has 1 fully saturated rings. The highest BCUT2D eigenvalue weighted by atomic mass is 32.1. The molecule has 4 nitrogen and oxygen atoms in total. The fourth-order valence-electron chi connectivity index (χ4n) is 2.93. The summed E-state index contributed by atoms with van der Waals surface area (Å²) in [6.07, 6.45) is 1.08. The molecule has 1 aromatic heterocycles. The summed E-state index contributed by atoms with van der Waals surface area (Å²) in [7, 11) is 1.72. The van der Waals surface area contributed by atoms with Crippen LogP contribution in [0, 0.1) is 5.41 Å². The molecule has 21 heavy (non-hydrogen) atoms. The number of anilines is 1. The summed E-state index contributed by atoms with van der Waals surface area (Å²) in [5.41, 5.74) is 6.47. The van der Waals surface area contributed by atoms with Crippen molar-refractivity contribution < 1.29 is 9.53 Å². The van der Waals surface area contributed by atoms with Crippen LogP contribution in [0.5, 0.6) is 0 Å². The summed E-state index contributed by atoms with van der Waals surface area (Å²) < 4.78 is 6.50. The lowest BCUT2D eigenvalue weighted by molar-refractivity contribution is -0.0942. The minimum Gasteiger partial charge on any atom is -0.399 e. The minimum absolute atomic E-state index is 0.0117. The second-order valence-electron chi connectivity index (χ2n) is 6.22. The molecular weight excluding hydrogens is 284 g/mol. The Labute approximate surface area is 128 Å². The monoisotopic (exact) mass is 304 g/mol. The highest BCUT2D eigenvalue weighted by molar-refractivity contribution is 7.20. The smallest absolute Gasteiger partial charge is 0.261 e. The lowest BCUT2D eigenvalue weighted by Crippen LogP contribution is -2.61. The van der Waals surface area contributed by atoms with E-state index < -0.39 is 0 Å². The second kappa shape index (κ2) is 5.00. The Kier molecular flexibility index (Phi) is 3.42. The summed E-state index contributed by atoms with van der Waals surface area (Å²) in [6, 6.07) is 7.78. The summed E-state index contributed by atoms with van der Waals surface area (Å²) in [5, 5.41) is 4.14. The summed E-state index contributed by atoms with van der Waals surface area (Å²) in [4.78, 5) is 13.1. The van der Waals surface area contributed by atoms with Gasteiger partial charge in [-0.2, -0.15) is 0 Å². The van der Waals surface area contributed by atoms with E-state index in [-0.39, 0.29) is 23.5 Å². The zero-order chi connectivity index (χ0) is 15.2. The van der Waals surface area contributed by atoms with Crippen molar-refractivity contribution in [1.29, 1.82) is 0 Å². The van der Waals surface area contributed by atoms with Gasteiger partial charge in [-0.15, -0.1) is 11.3 Å². The molecule has 1 amide bonds. The lowest BCUT2D eigenvalue weighted by Gasteiger charge is -2.51. The third-order valence-electron chi connectivity index (χ3n) is 4.53. The highest BCUT2D eigenvalue weighted by Crippen LogP contribution is 2.42. The number of nitrogens with one attached hydrogen (secondary N) is 1. The number of nitrogens with two attached hydrogens (primary N) is 1. The fraction of sp³-hybridized carbons (Fsp3) is 0.438. The van der Waals surface area contributed by atoms with Gasteiger partial charge in [0, 0.05) is 29.0 Å². The molecule has 0 radical (unpaired) electrons. The van der Waals surface area contributed by atoms with Gasteiger partial charge in [-0.1, -0.05) is 13.8 Å². The number of ether oxygens (including phenoxy) is 1. The van der Waals surface area contributed by atoms with Crippen molar-refractivity contribution in [1.82, 2.24) is 5.32 Å². The van der Waals surface area contributed by atoms with Crippen molar-refractivity contribution in [2.45, 2.75) is 32.4 Å². The molecule has 1 aromatic carbocycles. The predicted octanol–water partition coefficient (Wildman–Crippen LogP) is 3.03. The number of carbonyl (C=O) groups is 1. The average molecular weight is 304 g/mol. The Balaban J connectivity index is 1.76. The number of thiophene rings is 1. The van der Waals surface area contributed by atoms with Gasteiger partial charge in [0.15, 0.2) is 0 Å². The van der Waals surface area contributed by atoms with Crippen molar-refractivity contribution in [3.63, 3.8) is 0 Å². The number of amides is 1. The molecule has 2 unspecified atom stereocenters. The fourth-order valence-corrected chi connectivity index (χ4v) is 3.88. The number of nitrogen functional groups attached to an aromatic ring is 1. The van der Waals surface area contributed by atoms with E-state index in [2.05, 4.69) is 19.2 Å². The quantitative estimate of drug-likeness (QED) is 0.857. The number of methoxy groups -OCH3 is 1. The average Bonchev–Trinajstić information content (AvgIpc) is 2.85. The number of carbonyl (C=O) groups excluding carboxylic acids is 1. The first-order chi connectivity index (χ1) is 9.91. The van der Waals surface area contributed by atoms with Crippen LogP contribution >= 0.6 is 11.3 Å². The van der Waals surface area contributed by atoms with E-state index in [1.165, 1.54) is 11.3 Å². The van der Waals surface area contributed by atoms with E-state index in [0.717, 1.165) is 27.1 Å². The van der Waals surface area contributed by atoms with Gasteiger partial charge in [-0.3, -0.25) is 4.79 Å². The van der Waals surface area contributed by atoms with E-state index in [9.17, 15) is 4.79 Å². The van der Waals surface area contributed by atoms with Crippen molar-refractivity contribution in [3.05, 3.63) is 29.1 Å². The highest BCUT2D eigenvalue weighted by Gasteiger charge is 2.49. The second-order valence-corrected chi connectivity index (χ2v) is 7.30. The molecule has 1 saturated carbocycles. The van der Waals surface area contributed by atoms with Crippen LogP contribution in [0.1, 0.15) is 29.9 Å². The normalized spacial score (nSPS) is 23.8. The number of fused-ring (bicyclic) bond motifs is 1. The van der Waals surface area contributed by atoms with Crippen molar-refractivity contribution in [2.75, 3.05) is 12.8 Å². The molecule has 5 heteroatoms. The van der Waals surface area contributed by atoms with Gasteiger partial charge in [0.25, 0.3) is 5.91 Å². The molecule has 3 rings (SSSR count). The molecule has 0 aliphatic heterocycles. The first kappa shape index (κ1) is 14.4. The van der Waals surface area contributed by atoms with Gasteiger partial charge >= 0.3 is 0 Å². The van der Waals surface area contributed by atoms with E-state index in [1.54, 1.807) is 7.11 Å². The van der Waals surface area contributed by atoms with Crippen LogP contribution in [0.4, 0.5) is 5.69 Å². The third-order valence-corrected chi connectivity index (χ3v) is 5.65. The molecule has 1 aliphatic carbocycles. The summed E-state index contributed by atoms with van der Waals surface area (Å²) in [5.74, 6) is -0.0117. The number of hydrogen-bond donors (Lipinski definition) is 2. The molecule has 1 aliphatic rings. The maximum absolute atomic E-state index is 12.4. The Hall–Kier alpha value is -1.59. The van der Waals surface area contributed by atoms with Crippen LogP contribution in [0.2, 0.25) is 0 Å². The largest absolute Gasteiger partial charge is 0.399 e. The third kappa shape index (κ3) is 2.40. The van der Waals surface area contributed by atoms with E-state index in [1.807, 2.05) is 24.3 Å². The standard InChI is InChI=1S/C16H20N2O2S/c1-16(2)13(8-14(16)20-3)18-15(19)12-7-9-6-10(17)4-5-11(9)21-12/h4-7,13-14H,8,17H2,1-3H3,(H,18,19). The zero-order valence-corrected chi connectivity index (χ0v) is 13.3. The SMILES string of the molecule is COC1CC(NC(=O)c2cc3cc(N)ccc3s2)C1(C)C. The van der Waals surface area contributed by atoms with Crippen LogP contribution in [0.3, 0.4) is 0 Å². The molecule has 3 N–H and O–H groups in total. The molecule has 0 saturated heterocycles. The van der Waals surface area contributed by atoms with Gasteiger partial charge in [-0.05, 0) is 36.1 Å². The Morgan fingerprint density at radius 1 is 1.43 bits per heavy atom. The zero-order valence-electron chi connectivity index (χ0n) is 12.5. The molecule has 0 spiro atoms. The topological polar surface area (TPSA) is 64.3 Å². The predicted molar refractivity (Wildman–Crippen MR) is 86.7 cm³/mol. The van der Waals surface area contributed by atoms with Gasteiger partial charge in [-0.25, -0.2) is 0 Å². The van der Waals surface area contributed by atoms with E-state index >= 15 is 0 Å². The van der Waals surface area contributed by atoms with E-state index in [0.29, 0.717) is 0 Å². The molecule has 2 atom stereocenters. The van der Waals surface area contributed by atoms with Crippen molar-refractivity contribution in [2.24, 2.45) is 5.41 Å². The Morgan fingerprint density at radius 3 is 2.86 bits per heavy atom. The van der Waals surface area contributed by atoms with Gasteiger partial charge in [0.2, 0.25) is 0 Å². The van der Waals surface area contributed by atoms with Crippen LogP contribution in [-0.2, 0) is 4.74 Å². The first-order valence-electron chi connectivity index (χ1n) is 7.04. The van der Waals surface area contributed by atoms with Gasteiger partial charge in [0.1, 0.15) is 0 Å². The van der Waals surface area contributed by atoms with Crippen LogP contribution in [-0.4, -0.2) is 25.2 Å². The maximum Gasteiger partial charge on any atom is 0.261 e. The van der Waals surface area contributed by atoms with Crippen LogP contribution in [0.15, 0.2) is 24.3 Å². The molecule has 1 heterocycles. The van der Waals surface area contributed by atoms with Gasteiger partial charge < -0.3 is 15.8 Å². The lowest BCUT2D eigenvalue weighted by atomic mass is 9.64. The molecule has 2 aromatic rings. The molecule has 0 bridgehead atoms. The Morgan fingerprint density at radius 2 is 2.19 bits per heavy atom. The molecular formula is C16H20N2O2S. The maximum atomic E-state index is 12.4. The van der Waals surface area contributed by atoms with E-state index in [4.69, 9.17) is 10.5 Å².